The van der Waals surface area contributed by atoms with Crippen LogP contribution in [0, 0.1) is 0 Å². The summed E-state index contributed by atoms with van der Waals surface area (Å²) in [6, 6.07) is 6.36. The Balaban J connectivity index is 1.49. The summed E-state index contributed by atoms with van der Waals surface area (Å²) in [5.41, 5.74) is 1.87. The van der Waals surface area contributed by atoms with Crippen LogP contribution in [-0.4, -0.2) is 45.9 Å². The number of H-pyrrole nitrogens is 1. The summed E-state index contributed by atoms with van der Waals surface area (Å²) in [5.74, 6) is 1.17. The number of aromatic nitrogens is 2. The number of carbonyl (C=O) groups is 1. The molecule has 0 unspecified atom stereocenters. The van der Waals surface area contributed by atoms with E-state index in [2.05, 4.69) is 15.3 Å². The lowest BCUT2D eigenvalue weighted by molar-refractivity contribution is -0.129. The van der Waals surface area contributed by atoms with E-state index < -0.39 is 0 Å². The van der Waals surface area contributed by atoms with Gasteiger partial charge in [-0.05, 0) is 31.2 Å². The molecule has 2 aromatic rings. The smallest absolute Gasteiger partial charge is 0.224 e. The van der Waals surface area contributed by atoms with Crippen LogP contribution >= 0.6 is 11.6 Å². The molecule has 0 saturated carbocycles. The van der Waals surface area contributed by atoms with E-state index in [4.69, 9.17) is 11.6 Å². The van der Waals surface area contributed by atoms with E-state index in [1.165, 1.54) is 0 Å². The van der Waals surface area contributed by atoms with Crippen molar-refractivity contribution in [3.63, 3.8) is 0 Å². The van der Waals surface area contributed by atoms with Gasteiger partial charge in [-0.3, -0.25) is 4.79 Å². The van der Waals surface area contributed by atoms with Crippen molar-refractivity contribution in [3.05, 3.63) is 29.0 Å². The predicted octanol–water partition coefficient (Wildman–Crippen LogP) is 1.72. The fraction of sp³-hybridized carbons (Fsp3) is 0.467. The molecule has 3 heterocycles. The molecule has 1 aromatic carbocycles. The van der Waals surface area contributed by atoms with Crippen molar-refractivity contribution < 1.29 is 4.79 Å². The summed E-state index contributed by atoms with van der Waals surface area (Å²) in [5, 5.41) is 4.11. The maximum absolute atomic E-state index is 12.1. The Hall–Kier alpha value is -1.59. The number of nitrogens with one attached hydrogen (secondary N) is 2. The monoisotopic (exact) mass is 304 g/mol. The average Bonchev–Trinajstić information content (AvgIpc) is 3.10. The van der Waals surface area contributed by atoms with Gasteiger partial charge in [0, 0.05) is 36.5 Å². The molecule has 0 bridgehead atoms. The van der Waals surface area contributed by atoms with Gasteiger partial charge in [-0.15, -0.1) is 0 Å². The Kier molecular flexibility index (Phi) is 3.12. The second kappa shape index (κ2) is 5.00. The number of amides is 1. The Morgan fingerprint density at radius 2 is 2.33 bits per heavy atom. The van der Waals surface area contributed by atoms with Gasteiger partial charge in [-0.1, -0.05) is 11.6 Å². The van der Waals surface area contributed by atoms with Gasteiger partial charge >= 0.3 is 0 Å². The Morgan fingerprint density at radius 1 is 1.43 bits per heavy atom. The third kappa shape index (κ3) is 2.30. The highest BCUT2D eigenvalue weighted by molar-refractivity contribution is 6.31. The van der Waals surface area contributed by atoms with Crippen molar-refractivity contribution in [2.75, 3.05) is 13.1 Å². The highest BCUT2D eigenvalue weighted by Crippen LogP contribution is 2.26. The normalized spacial score (nSPS) is 25.0. The van der Waals surface area contributed by atoms with Crippen LogP contribution in [0.3, 0.4) is 0 Å². The molecule has 0 spiro atoms. The minimum Gasteiger partial charge on any atom is -0.342 e. The molecule has 1 aromatic heterocycles. The van der Waals surface area contributed by atoms with Crippen LogP contribution in [-0.2, 0) is 11.2 Å². The molecule has 2 fully saturated rings. The molecule has 5 nitrogen and oxygen atoms in total. The zero-order valence-corrected chi connectivity index (χ0v) is 12.4. The fourth-order valence-electron chi connectivity index (χ4n) is 3.50. The number of likely N-dealkylation sites (tertiary alicyclic amines) is 1. The van der Waals surface area contributed by atoms with Gasteiger partial charge in [0.2, 0.25) is 5.91 Å². The third-order valence-corrected chi connectivity index (χ3v) is 4.74. The van der Waals surface area contributed by atoms with E-state index in [1.54, 1.807) is 0 Å². The quantitative estimate of drug-likeness (QED) is 0.908. The number of hydrogen-bond acceptors (Lipinski definition) is 3. The molecule has 4 rings (SSSR count). The SMILES string of the molecule is O=C1C[C@H]2NCC[C@H]2N1CCc1nc2ccc(Cl)cc2[nH]1. The van der Waals surface area contributed by atoms with Crippen LogP contribution in [0.2, 0.25) is 5.02 Å². The van der Waals surface area contributed by atoms with Crippen molar-refractivity contribution in [2.24, 2.45) is 0 Å². The largest absolute Gasteiger partial charge is 0.342 e. The maximum Gasteiger partial charge on any atom is 0.224 e. The van der Waals surface area contributed by atoms with Gasteiger partial charge < -0.3 is 15.2 Å². The summed E-state index contributed by atoms with van der Waals surface area (Å²) in [4.78, 5) is 21.9. The third-order valence-electron chi connectivity index (χ3n) is 4.51. The Morgan fingerprint density at radius 3 is 3.24 bits per heavy atom. The summed E-state index contributed by atoms with van der Waals surface area (Å²) < 4.78 is 0. The van der Waals surface area contributed by atoms with E-state index in [9.17, 15) is 4.79 Å². The van der Waals surface area contributed by atoms with Crippen LogP contribution in [0.1, 0.15) is 18.7 Å². The number of aromatic amines is 1. The van der Waals surface area contributed by atoms with Crippen molar-refractivity contribution >= 4 is 28.5 Å². The predicted molar refractivity (Wildman–Crippen MR) is 81.3 cm³/mol. The number of benzene rings is 1. The number of nitrogens with zero attached hydrogens (tertiary/aromatic N) is 2. The fourth-order valence-corrected chi connectivity index (χ4v) is 3.67. The van der Waals surface area contributed by atoms with Crippen LogP contribution in [0.4, 0.5) is 0 Å². The average molecular weight is 305 g/mol. The topological polar surface area (TPSA) is 61.0 Å². The molecule has 21 heavy (non-hydrogen) atoms. The van der Waals surface area contributed by atoms with E-state index in [0.717, 1.165) is 42.8 Å². The summed E-state index contributed by atoms with van der Waals surface area (Å²) in [7, 11) is 0. The zero-order valence-electron chi connectivity index (χ0n) is 11.6. The van der Waals surface area contributed by atoms with E-state index >= 15 is 0 Å². The number of imidazole rings is 1. The molecular formula is C15H17ClN4O. The molecule has 2 saturated heterocycles. The van der Waals surface area contributed by atoms with Gasteiger partial charge in [0.15, 0.2) is 0 Å². The van der Waals surface area contributed by atoms with Crippen molar-refractivity contribution in [3.8, 4) is 0 Å². The summed E-state index contributed by atoms with van der Waals surface area (Å²) in [6.45, 7) is 1.75. The first kappa shape index (κ1) is 13.1. The summed E-state index contributed by atoms with van der Waals surface area (Å²) >= 11 is 5.98. The molecule has 2 aliphatic heterocycles. The number of halogens is 1. The lowest BCUT2D eigenvalue weighted by Gasteiger charge is -2.22. The van der Waals surface area contributed by atoms with Crippen LogP contribution in [0.15, 0.2) is 18.2 Å². The lowest BCUT2D eigenvalue weighted by atomic mass is 10.1. The molecule has 2 atom stereocenters. The van der Waals surface area contributed by atoms with Crippen LogP contribution in [0.5, 0.6) is 0 Å². The first-order valence-corrected chi connectivity index (χ1v) is 7.75. The van der Waals surface area contributed by atoms with E-state index in [1.807, 2.05) is 23.1 Å². The van der Waals surface area contributed by atoms with E-state index in [0.29, 0.717) is 23.5 Å². The second-order valence-electron chi connectivity index (χ2n) is 5.80. The zero-order chi connectivity index (χ0) is 14.4. The standard InChI is InChI=1S/C15H17ClN4O/c16-9-1-2-10-11(7-9)19-14(18-10)4-6-20-13-3-5-17-12(13)8-15(20)21/h1-2,7,12-13,17H,3-6,8H2,(H,18,19)/t12-,13-/m1/s1. The Bertz CT molecular complexity index is 698. The molecule has 6 heteroatoms. The van der Waals surface area contributed by atoms with Gasteiger partial charge in [0.25, 0.3) is 0 Å². The minimum atomic E-state index is 0.261. The van der Waals surface area contributed by atoms with Crippen LogP contribution in [0.25, 0.3) is 11.0 Å². The first-order chi connectivity index (χ1) is 10.2. The Labute approximate surface area is 127 Å². The van der Waals surface area contributed by atoms with Gasteiger partial charge in [0.1, 0.15) is 5.82 Å². The highest BCUT2D eigenvalue weighted by Gasteiger charge is 2.41. The number of carbonyl (C=O) groups excluding carboxylic acids is 1. The molecule has 2 N–H and O–H groups in total. The molecular weight excluding hydrogens is 288 g/mol. The molecule has 1 amide bonds. The van der Waals surface area contributed by atoms with Crippen molar-refractivity contribution in [1.82, 2.24) is 20.2 Å². The van der Waals surface area contributed by atoms with Crippen molar-refractivity contribution in [1.29, 1.82) is 0 Å². The number of rotatable bonds is 3. The lowest BCUT2D eigenvalue weighted by Crippen LogP contribution is -2.37. The first-order valence-electron chi connectivity index (χ1n) is 7.38. The van der Waals surface area contributed by atoms with Gasteiger partial charge in [-0.25, -0.2) is 4.98 Å². The van der Waals surface area contributed by atoms with Gasteiger partial charge in [0.05, 0.1) is 11.0 Å². The molecule has 110 valence electrons. The highest BCUT2D eigenvalue weighted by atomic mass is 35.5. The molecule has 0 aliphatic carbocycles. The molecule has 2 aliphatic rings. The second-order valence-corrected chi connectivity index (χ2v) is 6.24. The van der Waals surface area contributed by atoms with Crippen LogP contribution < -0.4 is 5.32 Å². The number of fused-ring (bicyclic) bond motifs is 2. The minimum absolute atomic E-state index is 0.261. The summed E-state index contributed by atoms with van der Waals surface area (Å²) in [6.07, 6.45) is 2.45. The van der Waals surface area contributed by atoms with Crippen molar-refractivity contribution in [2.45, 2.75) is 31.3 Å². The van der Waals surface area contributed by atoms with Gasteiger partial charge in [-0.2, -0.15) is 0 Å². The van der Waals surface area contributed by atoms with E-state index in [-0.39, 0.29) is 5.91 Å². The maximum atomic E-state index is 12.1. The number of hydrogen-bond donors (Lipinski definition) is 2. The molecule has 0 radical (unpaired) electrons.